The number of carbonyl (C=O) groups is 2. The molecule has 3 aromatic carbocycles. The maximum absolute atomic E-state index is 12.9. The number of hydrogen-bond acceptors (Lipinski definition) is 7. The van der Waals surface area contributed by atoms with Gasteiger partial charge in [-0.3, -0.25) is 9.59 Å². The van der Waals surface area contributed by atoms with Crippen LogP contribution in [0.15, 0.2) is 76.8 Å². The second-order valence-corrected chi connectivity index (χ2v) is 10.8. The lowest BCUT2D eigenvalue weighted by Crippen LogP contribution is -2.25. The third-order valence-electron chi connectivity index (χ3n) is 6.64. The molecule has 9 heteroatoms. The molecular formula is C30H30N4O4S. The average Bonchev–Trinajstić information content (AvgIpc) is 3.52. The molecule has 5 rings (SSSR count). The molecule has 2 aliphatic heterocycles. The van der Waals surface area contributed by atoms with Crippen LogP contribution < -0.4 is 14.8 Å². The molecule has 0 bridgehead atoms. The van der Waals surface area contributed by atoms with Crippen molar-refractivity contribution in [3.63, 3.8) is 0 Å². The van der Waals surface area contributed by atoms with Gasteiger partial charge in [0.1, 0.15) is 16.7 Å². The first kappa shape index (κ1) is 26.5. The molecule has 2 unspecified atom stereocenters. The van der Waals surface area contributed by atoms with Gasteiger partial charge in [-0.25, -0.2) is 5.01 Å². The van der Waals surface area contributed by atoms with Crippen molar-refractivity contribution in [1.82, 2.24) is 5.01 Å². The number of amidine groups is 1. The fraction of sp³-hybridized carbons (Fsp3) is 0.267. The summed E-state index contributed by atoms with van der Waals surface area (Å²) < 4.78 is 10.6. The summed E-state index contributed by atoms with van der Waals surface area (Å²) in [6.07, 6.45) is 0.657. The fourth-order valence-electron chi connectivity index (χ4n) is 4.76. The van der Waals surface area contributed by atoms with Gasteiger partial charge in [0.2, 0.25) is 5.91 Å². The van der Waals surface area contributed by atoms with Crippen LogP contribution in [0.4, 0.5) is 5.69 Å². The number of ether oxygens (including phenoxy) is 2. The summed E-state index contributed by atoms with van der Waals surface area (Å²) in [5.74, 6) is 0.978. The first-order valence-electron chi connectivity index (χ1n) is 12.7. The minimum Gasteiger partial charge on any atom is -0.497 e. The summed E-state index contributed by atoms with van der Waals surface area (Å²) in [6, 6.07) is 21.3. The molecule has 39 heavy (non-hydrogen) atoms. The third kappa shape index (κ3) is 5.98. The topological polar surface area (TPSA) is 92.6 Å². The Morgan fingerprint density at radius 2 is 1.59 bits per heavy atom. The Morgan fingerprint density at radius 1 is 0.974 bits per heavy atom. The Hall–Kier alpha value is -4.11. The summed E-state index contributed by atoms with van der Waals surface area (Å²) in [5.41, 5.74) is 5.72. The van der Waals surface area contributed by atoms with Gasteiger partial charge in [0.05, 0.1) is 26.0 Å². The number of hydrazone groups is 1. The number of carbonyl (C=O) groups excluding carboxylic acids is 2. The number of methoxy groups -OCH3 is 2. The molecule has 1 N–H and O–H groups in total. The lowest BCUT2D eigenvalue weighted by atomic mass is 9.98. The standard InChI is InChI=1S/C30H30N4O4S/c1-18-13-19(2)15-22(14-18)31-28(35)17-27-29(36)32-30(39-27)34-26(21-7-11-24(38-4)12-8-21)16-25(33-34)20-5-9-23(37-3)10-6-20/h5-15,26-27H,16-17H2,1-4H3,(H,31,35). The molecule has 3 aromatic rings. The van der Waals surface area contributed by atoms with Gasteiger partial charge in [-0.1, -0.05) is 30.0 Å². The molecule has 8 nitrogen and oxygen atoms in total. The molecule has 0 radical (unpaired) electrons. The smallest absolute Gasteiger partial charge is 0.262 e. The van der Waals surface area contributed by atoms with Crippen molar-refractivity contribution in [3.05, 3.63) is 89.0 Å². The minimum atomic E-state index is -0.609. The second kappa shape index (κ2) is 11.3. The van der Waals surface area contributed by atoms with Gasteiger partial charge < -0.3 is 14.8 Å². The van der Waals surface area contributed by atoms with E-state index < -0.39 is 5.25 Å². The molecule has 2 atom stereocenters. The number of benzene rings is 3. The van der Waals surface area contributed by atoms with E-state index in [-0.39, 0.29) is 24.3 Å². The number of amides is 2. The summed E-state index contributed by atoms with van der Waals surface area (Å²) >= 11 is 1.28. The van der Waals surface area contributed by atoms with Crippen LogP contribution in [0.25, 0.3) is 0 Å². The maximum Gasteiger partial charge on any atom is 0.262 e. The highest BCUT2D eigenvalue weighted by atomic mass is 32.2. The Labute approximate surface area is 232 Å². The lowest BCUT2D eigenvalue weighted by Gasteiger charge is -2.23. The summed E-state index contributed by atoms with van der Waals surface area (Å²) in [6.45, 7) is 3.96. The largest absolute Gasteiger partial charge is 0.497 e. The Kier molecular flexibility index (Phi) is 7.70. The van der Waals surface area contributed by atoms with Crippen molar-refractivity contribution >= 4 is 40.1 Å². The van der Waals surface area contributed by atoms with Gasteiger partial charge in [0.25, 0.3) is 5.91 Å². The first-order chi connectivity index (χ1) is 18.8. The van der Waals surface area contributed by atoms with Crippen molar-refractivity contribution in [1.29, 1.82) is 0 Å². The number of rotatable bonds is 7. The van der Waals surface area contributed by atoms with Crippen LogP contribution in [0.5, 0.6) is 11.5 Å². The van der Waals surface area contributed by atoms with E-state index in [4.69, 9.17) is 14.6 Å². The van der Waals surface area contributed by atoms with Gasteiger partial charge in [-0.15, -0.1) is 0 Å². The Balaban J connectivity index is 1.35. The van der Waals surface area contributed by atoms with Gasteiger partial charge in [-0.2, -0.15) is 10.1 Å². The van der Waals surface area contributed by atoms with E-state index in [1.165, 1.54) is 11.8 Å². The van der Waals surface area contributed by atoms with E-state index in [1.807, 2.05) is 85.6 Å². The zero-order valence-corrected chi connectivity index (χ0v) is 23.1. The predicted molar refractivity (Wildman–Crippen MR) is 155 cm³/mol. The van der Waals surface area contributed by atoms with Crippen LogP contribution in [0.2, 0.25) is 0 Å². The van der Waals surface area contributed by atoms with Crippen molar-refractivity contribution < 1.29 is 19.1 Å². The quantitative estimate of drug-likeness (QED) is 0.424. The number of aliphatic imine (C=N–C) groups is 1. The molecule has 0 saturated carbocycles. The summed E-state index contributed by atoms with van der Waals surface area (Å²) in [7, 11) is 3.27. The Morgan fingerprint density at radius 3 is 2.21 bits per heavy atom. The molecule has 2 aliphatic rings. The van der Waals surface area contributed by atoms with Gasteiger partial charge in [0.15, 0.2) is 5.17 Å². The van der Waals surface area contributed by atoms with Gasteiger partial charge >= 0.3 is 0 Å². The number of thioether (sulfide) groups is 1. The second-order valence-electron chi connectivity index (χ2n) is 9.58. The summed E-state index contributed by atoms with van der Waals surface area (Å²) in [4.78, 5) is 30.0. The van der Waals surface area contributed by atoms with Crippen molar-refractivity contribution in [2.75, 3.05) is 19.5 Å². The highest BCUT2D eigenvalue weighted by Gasteiger charge is 2.39. The molecule has 200 valence electrons. The molecule has 2 heterocycles. The van der Waals surface area contributed by atoms with E-state index in [2.05, 4.69) is 10.3 Å². The molecular weight excluding hydrogens is 512 g/mol. The zero-order chi connectivity index (χ0) is 27.5. The van der Waals surface area contributed by atoms with Gasteiger partial charge in [0, 0.05) is 18.5 Å². The molecule has 0 aliphatic carbocycles. The molecule has 0 aromatic heterocycles. The average molecular weight is 543 g/mol. The predicted octanol–water partition coefficient (Wildman–Crippen LogP) is 5.50. The molecule has 0 saturated heterocycles. The molecule has 2 amide bonds. The van der Waals surface area contributed by atoms with E-state index in [1.54, 1.807) is 14.2 Å². The maximum atomic E-state index is 12.9. The van der Waals surface area contributed by atoms with Crippen molar-refractivity contribution in [3.8, 4) is 11.5 Å². The van der Waals surface area contributed by atoms with Crippen LogP contribution in [-0.4, -0.2) is 47.2 Å². The first-order valence-corrected chi connectivity index (χ1v) is 13.5. The highest BCUT2D eigenvalue weighted by molar-refractivity contribution is 8.15. The third-order valence-corrected chi connectivity index (χ3v) is 7.78. The van der Waals surface area contributed by atoms with Gasteiger partial charge in [-0.05, 0) is 84.6 Å². The minimum absolute atomic E-state index is 0.0274. The van der Waals surface area contributed by atoms with Crippen LogP contribution in [0.1, 0.15) is 41.1 Å². The highest BCUT2D eigenvalue weighted by Crippen LogP contribution is 2.39. The number of aryl methyl sites for hydroxylation is 2. The Bertz CT molecular complexity index is 1430. The molecule has 0 spiro atoms. The number of hydrogen-bond donors (Lipinski definition) is 1. The number of anilines is 1. The SMILES string of the molecule is COc1ccc(C2=NN(C3=NC(=O)C(CC(=O)Nc4cc(C)cc(C)c4)S3)C(c3ccc(OC)cc3)C2)cc1. The fourth-order valence-corrected chi connectivity index (χ4v) is 5.82. The monoisotopic (exact) mass is 542 g/mol. The lowest BCUT2D eigenvalue weighted by molar-refractivity contribution is -0.121. The summed E-state index contributed by atoms with van der Waals surface area (Å²) in [5, 5.41) is 9.52. The van der Waals surface area contributed by atoms with E-state index >= 15 is 0 Å². The van der Waals surface area contributed by atoms with Crippen molar-refractivity contribution in [2.45, 2.75) is 38.0 Å². The van der Waals surface area contributed by atoms with Crippen LogP contribution >= 0.6 is 11.8 Å². The molecule has 0 fully saturated rings. The van der Waals surface area contributed by atoms with Crippen LogP contribution in [-0.2, 0) is 9.59 Å². The van der Waals surface area contributed by atoms with E-state index in [0.29, 0.717) is 11.6 Å². The van der Waals surface area contributed by atoms with E-state index in [9.17, 15) is 9.59 Å². The number of nitrogens with one attached hydrogen (secondary N) is 1. The normalized spacial score (nSPS) is 18.6. The van der Waals surface area contributed by atoms with Crippen molar-refractivity contribution in [2.24, 2.45) is 10.1 Å². The van der Waals surface area contributed by atoms with Crippen LogP contribution in [0.3, 0.4) is 0 Å². The zero-order valence-electron chi connectivity index (χ0n) is 22.3. The van der Waals surface area contributed by atoms with Crippen LogP contribution in [0, 0.1) is 13.8 Å². The number of nitrogens with zero attached hydrogens (tertiary/aromatic N) is 3. The van der Waals surface area contributed by atoms with E-state index in [0.717, 1.165) is 45.2 Å².